The predicted octanol–water partition coefficient (Wildman–Crippen LogP) is 6.06. The zero-order valence-electron chi connectivity index (χ0n) is 15.9. The zero-order valence-corrected chi connectivity index (χ0v) is 16.7. The zero-order chi connectivity index (χ0) is 21.9. The number of aromatic nitrogens is 1. The average Bonchev–Trinajstić information content (AvgIpc) is 2.73. The number of hydrogen-bond donors (Lipinski definition) is 0. The van der Waals surface area contributed by atoms with E-state index in [4.69, 9.17) is 21.1 Å². The number of carbonyl (C=O) groups excluding carboxylic acids is 1. The molecule has 1 amide bonds. The molecule has 0 aliphatic rings. The van der Waals surface area contributed by atoms with E-state index in [1.54, 1.807) is 42.7 Å². The minimum absolute atomic E-state index is 0.00937. The third-order valence-corrected chi connectivity index (χ3v) is 4.57. The molecule has 0 saturated carbocycles. The maximum atomic E-state index is 13.1. The smallest absolute Gasteiger partial charge is 0.419 e. The Morgan fingerprint density at radius 2 is 1.77 bits per heavy atom. The van der Waals surface area contributed by atoms with E-state index in [1.807, 2.05) is 0 Å². The SMILES string of the molecule is COc1cncc(-c2cccc(OC(=O)N(C)c3ccc(Cl)c(C(F)(F)F)c3)c2)c1. The number of halogens is 4. The van der Waals surface area contributed by atoms with Crippen LogP contribution in [0.5, 0.6) is 11.5 Å². The molecule has 0 atom stereocenters. The van der Waals surface area contributed by atoms with Gasteiger partial charge in [-0.25, -0.2) is 4.79 Å². The second kappa shape index (κ2) is 8.62. The lowest BCUT2D eigenvalue weighted by Crippen LogP contribution is -2.29. The molecule has 0 spiro atoms. The van der Waals surface area contributed by atoms with E-state index >= 15 is 0 Å². The molecule has 0 N–H and O–H groups in total. The molecule has 1 aromatic heterocycles. The third kappa shape index (κ3) is 4.83. The summed E-state index contributed by atoms with van der Waals surface area (Å²) in [5.41, 5.74) is 0.423. The van der Waals surface area contributed by atoms with Gasteiger partial charge in [0, 0.05) is 24.5 Å². The van der Waals surface area contributed by atoms with Gasteiger partial charge < -0.3 is 9.47 Å². The first-order valence-corrected chi connectivity index (χ1v) is 8.98. The first kappa shape index (κ1) is 21.4. The number of pyridine rings is 1. The number of hydrogen-bond acceptors (Lipinski definition) is 4. The molecule has 156 valence electrons. The van der Waals surface area contributed by atoms with Gasteiger partial charge in [0.1, 0.15) is 11.5 Å². The molecule has 0 bridgehead atoms. The van der Waals surface area contributed by atoms with Crippen molar-refractivity contribution in [3.8, 4) is 22.6 Å². The Morgan fingerprint density at radius 1 is 1.03 bits per heavy atom. The second-order valence-electron chi connectivity index (χ2n) is 6.23. The van der Waals surface area contributed by atoms with Gasteiger partial charge in [-0.3, -0.25) is 9.88 Å². The van der Waals surface area contributed by atoms with Crippen LogP contribution in [-0.4, -0.2) is 25.2 Å². The third-order valence-electron chi connectivity index (χ3n) is 4.24. The summed E-state index contributed by atoms with van der Waals surface area (Å²) in [6.45, 7) is 0. The fraction of sp³-hybridized carbons (Fsp3) is 0.143. The van der Waals surface area contributed by atoms with Crippen LogP contribution < -0.4 is 14.4 Å². The average molecular weight is 437 g/mol. The number of ether oxygens (including phenoxy) is 2. The van der Waals surface area contributed by atoms with Crippen molar-refractivity contribution in [3.63, 3.8) is 0 Å². The Balaban J connectivity index is 1.81. The monoisotopic (exact) mass is 436 g/mol. The molecule has 2 aromatic carbocycles. The van der Waals surface area contributed by atoms with Crippen LogP contribution in [0.4, 0.5) is 23.7 Å². The number of benzene rings is 2. The molecule has 5 nitrogen and oxygen atoms in total. The van der Waals surface area contributed by atoms with Gasteiger partial charge in [-0.2, -0.15) is 13.2 Å². The number of nitrogens with zero attached hydrogens (tertiary/aromatic N) is 2. The summed E-state index contributed by atoms with van der Waals surface area (Å²) in [4.78, 5) is 17.5. The number of carbonyl (C=O) groups is 1. The van der Waals surface area contributed by atoms with Crippen molar-refractivity contribution in [2.24, 2.45) is 0 Å². The van der Waals surface area contributed by atoms with Gasteiger partial charge in [-0.15, -0.1) is 0 Å². The molecular formula is C21H16ClF3N2O3. The molecule has 0 unspecified atom stereocenters. The van der Waals surface area contributed by atoms with Gasteiger partial charge in [0.05, 0.1) is 23.9 Å². The molecular weight excluding hydrogens is 421 g/mol. The maximum Gasteiger partial charge on any atom is 0.419 e. The normalized spacial score (nSPS) is 11.1. The van der Waals surface area contributed by atoms with E-state index in [0.717, 1.165) is 28.2 Å². The predicted molar refractivity (Wildman–Crippen MR) is 107 cm³/mol. The van der Waals surface area contributed by atoms with Crippen molar-refractivity contribution >= 4 is 23.4 Å². The highest BCUT2D eigenvalue weighted by molar-refractivity contribution is 6.31. The Kier molecular flexibility index (Phi) is 6.17. The summed E-state index contributed by atoms with van der Waals surface area (Å²) in [7, 11) is 2.83. The molecule has 3 aromatic rings. The lowest BCUT2D eigenvalue weighted by molar-refractivity contribution is -0.137. The lowest BCUT2D eigenvalue weighted by atomic mass is 10.1. The van der Waals surface area contributed by atoms with Crippen LogP contribution in [0.25, 0.3) is 11.1 Å². The van der Waals surface area contributed by atoms with Crippen molar-refractivity contribution in [3.05, 3.63) is 71.5 Å². The van der Waals surface area contributed by atoms with E-state index in [1.165, 1.54) is 20.2 Å². The van der Waals surface area contributed by atoms with E-state index in [0.29, 0.717) is 5.75 Å². The first-order chi connectivity index (χ1) is 14.2. The van der Waals surface area contributed by atoms with Gasteiger partial charge in [0.25, 0.3) is 0 Å². The number of anilines is 1. The fourth-order valence-electron chi connectivity index (χ4n) is 2.64. The number of amides is 1. The minimum Gasteiger partial charge on any atom is -0.495 e. The fourth-order valence-corrected chi connectivity index (χ4v) is 2.87. The van der Waals surface area contributed by atoms with E-state index in [-0.39, 0.29) is 11.4 Å². The lowest BCUT2D eigenvalue weighted by Gasteiger charge is -2.19. The minimum atomic E-state index is -4.64. The Labute approximate surface area is 175 Å². The summed E-state index contributed by atoms with van der Waals surface area (Å²) in [6, 6.07) is 11.6. The summed E-state index contributed by atoms with van der Waals surface area (Å²) < 4.78 is 49.7. The maximum absolute atomic E-state index is 13.1. The summed E-state index contributed by atoms with van der Waals surface area (Å²) in [6.07, 6.45) is -2.31. The Morgan fingerprint density at radius 3 is 2.47 bits per heavy atom. The van der Waals surface area contributed by atoms with Crippen LogP contribution in [0.2, 0.25) is 5.02 Å². The molecule has 9 heteroatoms. The van der Waals surface area contributed by atoms with E-state index in [2.05, 4.69) is 4.98 Å². The molecule has 1 heterocycles. The van der Waals surface area contributed by atoms with Crippen LogP contribution in [0.3, 0.4) is 0 Å². The van der Waals surface area contributed by atoms with Crippen LogP contribution in [-0.2, 0) is 6.18 Å². The number of alkyl halides is 3. The Bertz CT molecular complexity index is 1070. The van der Waals surface area contributed by atoms with Gasteiger partial charge in [-0.05, 0) is 42.0 Å². The van der Waals surface area contributed by atoms with Crippen LogP contribution >= 0.6 is 11.6 Å². The van der Waals surface area contributed by atoms with Crippen LogP contribution in [0.1, 0.15) is 5.56 Å². The molecule has 0 fully saturated rings. The van der Waals surface area contributed by atoms with Crippen molar-refractivity contribution in [2.75, 3.05) is 19.1 Å². The number of rotatable bonds is 4. The van der Waals surface area contributed by atoms with Crippen molar-refractivity contribution in [1.29, 1.82) is 0 Å². The quantitative estimate of drug-likeness (QED) is 0.498. The van der Waals surface area contributed by atoms with Crippen molar-refractivity contribution in [1.82, 2.24) is 4.98 Å². The van der Waals surface area contributed by atoms with Gasteiger partial charge in [0.2, 0.25) is 0 Å². The highest BCUT2D eigenvalue weighted by atomic mass is 35.5. The molecule has 0 aliphatic carbocycles. The van der Waals surface area contributed by atoms with Gasteiger partial charge in [-0.1, -0.05) is 23.7 Å². The van der Waals surface area contributed by atoms with Crippen LogP contribution in [0, 0.1) is 0 Å². The van der Waals surface area contributed by atoms with Crippen LogP contribution in [0.15, 0.2) is 60.9 Å². The summed E-state index contributed by atoms with van der Waals surface area (Å²) in [5, 5.41) is -0.451. The summed E-state index contributed by atoms with van der Waals surface area (Å²) in [5.74, 6) is 0.787. The van der Waals surface area contributed by atoms with E-state index < -0.39 is 22.9 Å². The van der Waals surface area contributed by atoms with Gasteiger partial charge >= 0.3 is 12.3 Å². The molecule has 0 aliphatic heterocycles. The molecule has 30 heavy (non-hydrogen) atoms. The topological polar surface area (TPSA) is 51.7 Å². The second-order valence-corrected chi connectivity index (χ2v) is 6.64. The highest BCUT2D eigenvalue weighted by Crippen LogP contribution is 2.37. The summed E-state index contributed by atoms with van der Waals surface area (Å²) >= 11 is 5.62. The standard InChI is InChI=1S/C21H16ClF3N2O3/c1-27(15-6-7-19(22)18(10-15)21(23,24)25)20(28)30-16-5-3-4-13(8-16)14-9-17(29-2)12-26-11-14/h3-12H,1-2H3. The Hall–Kier alpha value is -3.26. The molecule has 3 rings (SSSR count). The van der Waals surface area contributed by atoms with Crippen molar-refractivity contribution < 1.29 is 27.4 Å². The van der Waals surface area contributed by atoms with E-state index in [9.17, 15) is 18.0 Å². The van der Waals surface area contributed by atoms with Gasteiger partial charge in [0.15, 0.2) is 0 Å². The highest BCUT2D eigenvalue weighted by Gasteiger charge is 2.34. The number of methoxy groups -OCH3 is 1. The molecule has 0 saturated heterocycles. The van der Waals surface area contributed by atoms with Crippen molar-refractivity contribution in [2.45, 2.75) is 6.18 Å². The largest absolute Gasteiger partial charge is 0.495 e. The molecule has 0 radical (unpaired) electrons. The first-order valence-electron chi connectivity index (χ1n) is 8.61.